The quantitative estimate of drug-likeness (QED) is 0.0113. The van der Waals surface area contributed by atoms with Gasteiger partial charge in [-0.2, -0.15) is 0 Å². The molecule has 0 aliphatic rings. The molecule has 0 aromatic heterocycles. The first-order valence-electron chi connectivity index (χ1n) is 22.3. The zero-order valence-electron chi connectivity index (χ0n) is 36.8. The van der Waals surface area contributed by atoms with Crippen molar-refractivity contribution in [2.75, 3.05) is 47.5 Å². The highest BCUT2D eigenvalue weighted by Gasteiger charge is 2.21. The fourth-order valence-corrected chi connectivity index (χ4v) is 6.45. The van der Waals surface area contributed by atoms with Crippen LogP contribution in [0.3, 0.4) is 0 Å². The van der Waals surface area contributed by atoms with Crippen LogP contribution in [-0.2, 0) is 37.5 Å². The summed E-state index contributed by atoms with van der Waals surface area (Å²) in [6.07, 6.45) is 39.5. The van der Waals surface area contributed by atoms with E-state index in [1.54, 1.807) is 6.08 Å². The summed E-state index contributed by atoms with van der Waals surface area (Å²) in [6.45, 7) is 3.99. The Balaban J connectivity index is 4.45. The van der Waals surface area contributed by atoms with Crippen LogP contribution in [0.25, 0.3) is 0 Å². The number of ketones is 1. The van der Waals surface area contributed by atoms with Gasteiger partial charge in [0.1, 0.15) is 19.8 Å². The summed E-state index contributed by atoms with van der Waals surface area (Å²) in [4.78, 5) is 49.6. The van der Waals surface area contributed by atoms with Crippen LogP contribution in [-0.4, -0.2) is 75.8 Å². The molecule has 1 unspecified atom stereocenters. The van der Waals surface area contributed by atoms with Crippen LogP contribution < -0.4 is 4.89 Å². The number of ether oxygens (including phenoxy) is 2. The average Bonchev–Trinajstić information content (AvgIpc) is 3.15. The predicted molar refractivity (Wildman–Crippen MR) is 232 cm³/mol. The van der Waals surface area contributed by atoms with Crippen molar-refractivity contribution in [1.82, 2.24) is 0 Å². The highest BCUT2D eigenvalue weighted by molar-refractivity contribution is 7.45. The highest BCUT2D eigenvalue weighted by atomic mass is 31.2. The van der Waals surface area contributed by atoms with Crippen molar-refractivity contribution in [3.05, 3.63) is 48.6 Å². The molecule has 0 aromatic carbocycles. The molecule has 0 heterocycles. The second-order valence-electron chi connectivity index (χ2n) is 16.1. The highest BCUT2D eigenvalue weighted by Crippen LogP contribution is 2.38. The van der Waals surface area contributed by atoms with Gasteiger partial charge < -0.3 is 27.9 Å². The second kappa shape index (κ2) is 37.9. The van der Waals surface area contributed by atoms with Crippen LogP contribution in [0, 0.1) is 0 Å². The third-order valence-electron chi connectivity index (χ3n) is 9.30. The Morgan fingerprint density at radius 2 is 1.11 bits per heavy atom. The number of unbranched alkanes of at least 4 members (excludes halogenated alkanes) is 17. The molecule has 11 heteroatoms. The summed E-state index contributed by atoms with van der Waals surface area (Å²) < 4.78 is 33.8. The molecule has 0 saturated carbocycles. The number of phosphoric acid groups is 1. The Labute approximate surface area is 348 Å². The van der Waals surface area contributed by atoms with Gasteiger partial charge in [0, 0.05) is 19.3 Å². The minimum atomic E-state index is -4.66. The van der Waals surface area contributed by atoms with Crippen molar-refractivity contribution in [1.29, 1.82) is 0 Å². The number of nitrogens with zero attached hydrogens (tertiary/aromatic N) is 1. The summed E-state index contributed by atoms with van der Waals surface area (Å²) in [6, 6.07) is 0. The molecule has 2 atom stereocenters. The fourth-order valence-electron chi connectivity index (χ4n) is 5.72. The molecule has 0 aliphatic heterocycles. The number of allylic oxidation sites excluding steroid dienone is 8. The maximum absolute atomic E-state index is 12.7. The van der Waals surface area contributed by atoms with Gasteiger partial charge in [-0.15, -0.1) is 0 Å². The Hall–Kier alpha value is -2.36. The van der Waals surface area contributed by atoms with Gasteiger partial charge in [-0.25, -0.2) is 0 Å². The lowest BCUT2D eigenvalue weighted by Gasteiger charge is -2.28. The maximum atomic E-state index is 12.7. The van der Waals surface area contributed by atoms with E-state index in [0.717, 1.165) is 64.2 Å². The summed E-state index contributed by atoms with van der Waals surface area (Å²) in [5.74, 6) is -0.816. The van der Waals surface area contributed by atoms with E-state index in [1.165, 1.54) is 64.2 Å². The second-order valence-corrected chi connectivity index (χ2v) is 17.5. The van der Waals surface area contributed by atoms with Gasteiger partial charge in [-0.05, 0) is 70.3 Å². The largest absolute Gasteiger partial charge is 0.756 e. The Morgan fingerprint density at radius 1 is 0.596 bits per heavy atom. The maximum Gasteiger partial charge on any atom is 0.306 e. The van der Waals surface area contributed by atoms with E-state index < -0.39 is 32.5 Å². The molecule has 10 nitrogen and oxygen atoms in total. The smallest absolute Gasteiger partial charge is 0.306 e. The monoisotopic (exact) mass is 824 g/mol. The van der Waals surface area contributed by atoms with Crippen molar-refractivity contribution in [3.8, 4) is 0 Å². The minimum absolute atomic E-state index is 0.0535. The number of esters is 2. The van der Waals surface area contributed by atoms with Crippen LogP contribution in [0.1, 0.15) is 174 Å². The van der Waals surface area contributed by atoms with Gasteiger partial charge in [0.15, 0.2) is 11.9 Å². The summed E-state index contributed by atoms with van der Waals surface area (Å²) >= 11 is 0. The van der Waals surface area contributed by atoms with Gasteiger partial charge >= 0.3 is 11.9 Å². The zero-order valence-corrected chi connectivity index (χ0v) is 37.7. The topological polar surface area (TPSA) is 128 Å². The summed E-state index contributed by atoms with van der Waals surface area (Å²) in [7, 11) is 1.09. The summed E-state index contributed by atoms with van der Waals surface area (Å²) in [5, 5.41) is 0. The molecule has 0 aromatic rings. The molecule has 0 aliphatic carbocycles. The van der Waals surface area contributed by atoms with Crippen LogP contribution in [0.15, 0.2) is 48.6 Å². The molecule has 57 heavy (non-hydrogen) atoms. The predicted octanol–water partition coefficient (Wildman–Crippen LogP) is 11.2. The van der Waals surface area contributed by atoms with E-state index in [1.807, 2.05) is 33.3 Å². The molecule has 0 N–H and O–H groups in total. The SMILES string of the molecule is CCCCC/C=C\C=C\C(=O)CCCCCCCC(=O)OC[C@H](COP(=O)([O-])OCC[N+](C)(C)C)OC(=O)CCCCCCCCC/C=C\C/C=C\CCCCC. The van der Waals surface area contributed by atoms with E-state index in [9.17, 15) is 23.8 Å². The minimum Gasteiger partial charge on any atom is -0.756 e. The molecule has 0 rings (SSSR count). The number of carbonyl (C=O) groups excluding carboxylic acids is 3. The number of quaternary nitrogens is 1. The Kier molecular flexibility index (Phi) is 36.3. The lowest BCUT2D eigenvalue weighted by Crippen LogP contribution is -2.37. The first-order chi connectivity index (χ1) is 27.4. The van der Waals surface area contributed by atoms with Crippen molar-refractivity contribution in [3.63, 3.8) is 0 Å². The molecule has 0 amide bonds. The third-order valence-corrected chi connectivity index (χ3v) is 10.3. The normalized spacial score (nSPS) is 13.9. The van der Waals surface area contributed by atoms with E-state index in [-0.39, 0.29) is 31.8 Å². The van der Waals surface area contributed by atoms with Crippen LogP contribution in [0.5, 0.6) is 0 Å². The van der Waals surface area contributed by atoms with Crippen LogP contribution >= 0.6 is 7.82 Å². The number of hydrogen-bond acceptors (Lipinski definition) is 9. The first kappa shape index (κ1) is 54.6. The number of rotatable bonds is 40. The molecule has 0 saturated heterocycles. The van der Waals surface area contributed by atoms with E-state index >= 15 is 0 Å². The number of hydrogen-bond donors (Lipinski definition) is 0. The van der Waals surface area contributed by atoms with Crippen molar-refractivity contribution in [2.24, 2.45) is 0 Å². The molecule has 0 radical (unpaired) electrons. The molecule has 0 spiro atoms. The molecule has 0 bridgehead atoms. The van der Waals surface area contributed by atoms with E-state index in [4.69, 9.17) is 18.5 Å². The van der Waals surface area contributed by atoms with Gasteiger partial charge in [-0.3, -0.25) is 18.9 Å². The molecular formula is C46H82NO9P. The lowest BCUT2D eigenvalue weighted by molar-refractivity contribution is -0.870. The Bertz CT molecular complexity index is 1170. The van der Waals surface area contributed by atoms with Gasteiger partial charge in [0.25, 0.3) is 7.82 Å². The van der Waals surface area contributed by atoms with Crippen molar-refractivity contribution in [2.45, 2.75) is 180 Å². The third kappa shape index (κ3) is 41.6. The van der Waals surface area contributed by atoms with Crippen molar-refractivity contribution < 1.29 is 46.8 Å². The van der Waals surface area contributed by atoms with Gasteiger partial charge in [0.05, 0.1) is 27.7 Å². The van der Waals surface area contributed by atoms with E-state index in [0.29, 0.717) is 30.3 Å². The van der Waals surface area contributed by atoms with Crippen LogP contribution in [0.4, 0.5) is 0 Å². The first-order valence-corrected chi connectivity index (χ1v) is 23.8. The Morgan fingerprint density at radius 3 is 1.68 bits per heavy atom. The lowest BCUT2D eigenvalue weighted by atomic mass is 10.1. The molecule has 330 valence electrons. The summed E-state index contributed by atoms with van der Waals surface area (Å²) in [5.41, 5.74) is 0. The number of carbonyl (C=O) groups is 3. The fraction of sp³-hybridized carbons (Fsp3) is 0.761. The van der Waals surface area contributed by atoms with Crippen LogP contribution in [0.2, 0.25) is 0 Å². The molecular weight excluding hydrogens is 741 g/mol. The number of phosphoric ester groups is 1. The number of likely N-dealkylation sites (N-methyl/N-ethyl adjacent to an activating group) is 1. The van der Waals surface area contributed by atoms with Gasteiger partial charge in [0.2, 0.25) is 0 Å². The van der Waals surface area contributed by atoms with E-state index in [2.05, 4.69) is 44.2 Å². The van der Waals surface area contributed by atoms with Gasteiger partial charge in [-0.1, -0.05) is 133 Å². The standard InChI is InChI=1S/C46H82NO9P/c1-6-8-10-12-14-15-16-17-18-19-20-21-22-23-25-29-34-38-46(50)56-44(42-55-57(51,52)54-40-39-47(3,4)5)41-53-45(49)37-33-30-26-28-32-36-43(48)35-31-27-24-13-11-9-7-2/h14-15,17-18,24,27,31,35,44H,6-13,16,19-23,25-26,28-30,32-34,36-42H2,1-5H3/b15-14-,18-17-,27-24-,35-31+/t44-/m1/s1. The molecule has 0 fully saturated rings. The average molecular weight is 824 g/mol. The zero-order chi connectivity index (χ0) is 42.3. The van der Waals surface area contributed by atoms with Crippen molar-refractivity contribution >= 4 is 25.5 Å².